The Morgan fingerprint density at radius 2 is 2.11 bits per heavy atom. The van der Waals surface area contributed by atoms with Gasteiger partial charge in [0.2, 0.25) is 0 Å². The third-order valence-corrected chi connectivity index (χ3v) is 3.61. The number of amides is 1. The van der Waals surface area contributed by atoms with Crippen LogP contribution in [0.25, 0.3) is 0 Å². The lowest BCUT2D eigenvalue weighted by molar-refractivity contribution is 0.102. The summed E-state index contributed by atoms with van der Waals surface area (Å²) >= 11 is 1.41. The smallest absolute Gasteiger partial charge is 0.257 e. The van der Waals surface area contributed by atoms with Gasteiger partial charge in [-0.1, -0.05) is 6.92 Å². The van der Waals surface area contributed by atoms with Gasteiger partial charge < -0.3 is 10.2 Å². The zero-order valence-corrected chi connectivity index (χ0v) is 11.4. The molecule has 2 rings (SSSR count). The van der Waals surface area contributed by atoms with Crippen LogP contribution in [0, 0.1) is 6.92 Å². The molecule has 5 nitrogen and oxygen atoms in total. The van der Waals surface area contributed by atoms with Gasteiger partial charge in [0, 0.05) is 10.4 Å². The number of thiazole rings is 1. The molecular weight excluding hydrogens is 264 g/mol. The van der Waals surface area contributed by atoms with Gasteiger partial charge in [0.25, 0.3) is 5.91 Å². The van der Waals surface area contributed by atoms with Gasteiger partial charge in [0.15, 0.2) is 16.6 Å². The van der Waals surface area contributed by atoms with Gasteiger partial charge >= 0.3 is 0 Å². The molecule has 2 aromatic rings. The molecule has 3 N–H and O–H groups in total. The molecule has 0 spiro atoms. The first kappa shape index (κ1) is 13.4. The summed E-state index contributed by atoms with van der Waals surface area (Å²) < 4.78 is 0. The monoisotopic (exact) mass is 278 g/mol. The van der Waals surface area contributed by atoms with Crippen molar-refractivity contribution in [2.24, 2.45) is 0 Å². The van der Waals surface area contributed by atoms with Crippen LogP contribution in [0.4, 0.5) is 5.13 Å². The van der Waals surface area contributed by atoms with Gasteiger partial charge in [-0.2, -0.15) is 0 Å². The SMILES string of the molecule is CCc1nc(NC(=O)c2ccc(O)c(O)c2)sc1C. The highest BCUT2D eigenvalue weighted by atomic mass is 32.1. The molecule has 1 aromatic carbocycles. The van der Waals surface area contributed by atoms with Crippen molar-refractivity contribution >= 4 is 22.4 Å². The highest BCUT2D eigenvalue weighted by Crippen LogP contribution is 2.26. The Bertz CT molecular complexity index is 622. The van der Waals surface area contributed by atoms with E-state index >= 15 is 0 Å². The van der Waals surface area contributed by atoms with E-state index in [1.54, 1.807) is 0 Å². The average Bonchev–Trinajstić information content (AvgIpc) is 2.72. The lowest BCUT2D eigenvalue weighted by Gasteiger charge is -2.03. The molecule has 0 unspecified atom stereocenters. The van der Waals surface area contributed by atoms with Crippen LogP contribution in [-0.4, -0.2) is 21.1 Å². The number of carbonyl (C=O) groups excluding carboxylic acids is 1. The summed E-state index contributed by atoms with van der Waals surface area (Å²) in [6.45, 7) is 3.96. The van der Waals surface area contributed by atoms with Gasteiger partial charge in [-0.15, -0.1) is 11.3 Å². The maximum atomic E-state index is 11.9. The van der Waals surface area contributed by atoms with Crippen molar-refractivity contribution in [3.8, 4) is 11.5 Å². The summed E-state index contributed by atoms with van der Waals surface area (Å²) in [4.78, 5) is 17.3. The van der Waals surface area contributed by atoms with E-state index in [1.165, 1.54) is 29.5 Å². The van der Waals surface area contributed by atoms with E-state index in [9.17, 15) is 15.0 Å². The zero-order chi connectivity index (χ0) is 14.0. The predicted molar refractivity (Wildman–Crippen MR) is 74.0 cm³/mol. The molecule has 0 atom stereocenters. The molecular formula is C13H14N2O3S. The summed E-state index contributed by atoms with van der Waals surface area (Å²) in [6, 6.07) is 3.92. The molecule has 0 saturated carbocycles. The molecule has 0 bridgehead atoms. The Morgan fingerprint density at radius 3 is 2.68 bits per heavy atom. The van der Waals surface area contributed by atoms with Crippen LogP contribution in [0.2, 0.25) is 0 Å². The summed E-state index contributed by atoms with van der Waals surface area (Å²) in [5.74, 6) is -0.946. The van der Waals surface area contributed by atoms with Crippen LogP contribution in [0.5, 0.6) is 11.5 Å². The number of aromatic nitrogens is 1. The molecule has 0 aliphatic heterocycles. The summed E-state index contributed by atoms with van der Waals surface area (Å²) in [7, 11) is 0. The number of rotatable bonds is 3. The topological polar surface area (TPSA) is 82.5 Å². The van der Waals surface area contributed by atoms with Gasteiger partial charge in [0.05, 0.1) is 5.69 Å². The predicted octanol–water partition coefficient (Wildman–Crippen LogP) is 2.68. The molecule has 0 saturated heterocycles. The van der Waals surface area contributed by atoms with Crippen LogP contribution in [0.1, 0.15) is 27.9 Å². The number of benzene rings is 1. The van der Waals surface area contributed by atoms with Gasteiger partial charge in [0.1, 0.15) is 0 Å². The second-order valence-electron chi connectivity index (χ2n) is 4.03. The number of hydrogen-bond acceptors (Lipinski definition) is 5. The third kappa shape index (κ3) is 2.85. The highest BCUT2D eigenvalue weighted by molar-refractivity contribution is 7.15. The number of nitrogens with zero attached hydrogens (tertiary/aromatic N) is 1. The molecule has 1 amide bonds. The lowest BCUT2D eigenvalue weighted by Crippen LogP contribution is -2.11. The quantitative estimate of drug-likeness (QED) is 0.754. The van der Waals surface area contributed by atoms with E-state index < -0.39 is 0 Å². The molecule has 0 aliphatic rings. The summed E-state index contributed by atoms with van der Waals surface area (Å²) in [5, 5.41) is 21.8. The number of hydrogen-bond donors (Lipinski definition) is 3. The summed E-state index contributed by atoms with van der Waals surface area (Å²) in [5.41, 5.74) is 1.23. The van der Waals surface area contributed by atoms with Crippen LogP contribution in [0.3, 0.4) is 0 Å². The Kier molecular flexibility index (Phi) is 3.71. The second-order valence-corrected chi connectivity index (χ2v) is 5.24. The average molecular weight is 278 g/mol. The Hall–Kier alpha value is -2.08. The molecule has 0 aliphatic carbocycles. The van der Waals surface area contributed by atoms with Crippen molar-refractivity contribution in [3.63, 3.8) is 0 Å². The normalized spacial score (nSPS) is 10.4. The minimum Gasteiger partial charge on any atom is -0.504 e. The number of aryl methyl sites for hydroxylation is 2. The molecule has 100 valence electrons. The molecule has 1 heterocycles. The summed E-state index contributed by atoms with van der Waals surface area (Å²) in [6.07, 6.45) is 0.818. The molecule has 19 heavy (non-hydrogen) atoms. The number of nitrogens with one attached hydrogen (secondary N) is 1. The number of carbonyl (C=O) groups is 1. The van der Waals surface area contributed by atoms with E-state index in [0.717, 1.165) is 17.0 Å². The standard InChI is InChI=1S/C13H14N2O3S/c1-3-9-7(2)19-13(14-9)15-12(18)8-4-5-10(16)11(17)6-8/h4-6,16-17H,3H2,1-2H3,(H,14,15,18). The maximum Gasteiger partial charge on any atom is 0.257 e. The fraction of sp³-hybridized carbons (Fsp3) is 0.231. The Labute approximate surface area is 114 Å². The first-order valence-electron chi connectivity index (χ1n) is 5.81. The molecule has 0 fully saturated rings. The van der Waals surface area contributed by atoms with E-state index in [0.29, 0.717) is 5.13 Å². The number of phenols is 2. The van der Waals surface area contributed by atoms with Crippen LogP contribution >= 0.6 is 11.3 Å². The fourth-order valence-corrected chi connectivity index (χ4v) is 2.54. The van der Waals surface area contributed by atoms with Gasteiger partial charge in [-0.25, -0.2) is 4.98 Å². The largest absolute Gasteiger partial charge is 0.504 e. The van der Waals surface area contributed by atoms with Crippen molar-refractivity contribution in [2.75, 3.05) is 5.32 Å². The minimum absolute atomic E-state index is 0.255. The van der Waals surface area contributed by atoms with Crippen LogP contribution in [-0.2, 0) is 6.42 Å². The van der Waals surface area contributed by atoms with Gasteiger partial charge in [-0.05, 0) is 31.5 Å². The Morgan fingerprint density at radius 1 is 1.37 bits per heavy atom. The van der Waals surface area contributed by atoms with Crippen molar-refractivity contribution in [1.29, 1.82) is 0 Å². The number of anilines is 1. The van der Waals surface area contributed by atoms with Gasteiger partial charge in [-0.3, -0.25) is 10.1 Å². The van der Waals surface area contributed by atoms with Crippen molar-refractivity contribution in [2.45, 2.75) is 20.3 Å². The first-order valence-corrected chi connectivity index (χ1v) is 6.62. The molecule has 1 aromatic heterocycles. The highest BCUT2D eigenvalue weighted by Gasteiger charge is 2.12. The van der Waals surface area contributed by atoms with E-state index in [4.69, 9.17) is 0 Å². The first-order chi connectivity index (χ1) is 9.01. The van der Waals surface area contributed by atoms with Crippen molar-refractivity contribution < 1.29 is 15.0 Å². The van der Waals surface area contributed by atoms with E-state index in [-0.39, 0.29) is 23.0 Å². The number of phenolic OH excluding ortho intramolecular Hbond substituents is 2. The molecule has 6 heteroatoms. The Balaban J connectivity index is 2.18. The fourth-order valence-electron chi connectivity index (χ4n) is 1.64. The van der Waals surface area contributed by atoms with Crippen molar-refractivity contribution in [3.05, 3.63) is 34.3 Å². The zero-order valence-electron chi connectivity index (χ0n) is 10.6. The lowest BCUT2D eigenvalue weighted by atomic mass is 10.2. The maximum absolute atomic E-state index is 11.9. The minimum atomic E-state index is -0.369. The third-order valence-electron chi connectivity index (χ3n) is 2.69. The van der Waals surface area contributed by atoms with Crippen LogP contribution in [0.15, 0.2) is 18.2 Å². The molecule has 0 radical (unpaired) electrons. The number of aromatic hydroxyl groups is 2. The van der Waals surface area contributed by atoms with Crippen LogP contribution < -0.4 is 5.32 Å². The van der Waals surface area contributed by atoms with E-state index in [1.807, 2.05) is 13.8 Å². The van der Waals surface area contributed by atoms with E-state index in [2.05, 4.69) is 10.3 Å². The second kappa shape index (κ2) is 5.27. The van der Waals surface area contributed by atoms with Crippen molar-refractivity contribution in [1.82, 2.24) is 4.98 Å².